The van der Waals surface area contributed by atoms with E-state index in [0.717, 1.165) is 16.8 Å². The highest BCUT2D eigenvalue weighted by Gasteiger charge is 2.21. The Morgan fingerprint density at radius 3 is 2.67 bits per heavy atom. The van der Waals surface area contributed by atoms with Crippen molar-refractivity contribution in [1.29, 1.82) is 0 Å². The van der Waals surface area contributed by atoms with Crippen molar-refractivity contribution in [3.8, 4) is 0 Å². The lowest BCUT2D eigenvalue weighted by Gasteiger charge is -2.17. The first-order valence-corrected chi connectivity index (χ1v) is 6.50. The van der Waals surface area contributed by atoms with E-state index < -0.39 is 0 Å². The van der Waals surface area contributed by atoms with Crippen molar-refractivity contribution in [2.24, 2.45) is 11.7 Å². The molecule has 3 nitrogen and oxygen atoms in total. The van der Waals surface area contributed by atoms with Gasteiger partial charge in [-0.2, -0.15) is 0 Å². The summed E-state index contributed by atoms with van der Waals surface area (Å²) < 4.78 is 0. The summed E-state index contributed by atoms with van der Waals surface area (Å²) in [5.41, 5.74) is 6.15. The molecule has 2 rings (SSSR count). The lowest BCUT2D eigenvalue weighted by molar-refractivity contribution is 0.463. The third-order valence-corrected chi connectivity index (χ3v) is 3.97. The van der Waals surface area contributed by atoms with Crippen LogP contribution in [0, 0.1) is 5.92 Å². The molecular weight excluding hydrogens is 206 g/mol. The van der Waals surface area contributed by atoms with Gasteiger partial charge in [0.25, 0.3) is 0 Å². The molecule has 1 aliphatic rings. The number of hydrogen-bond acceptors (Lipinski definition) is 4. The van der Waals surface area contributed by atoms with E-state index in [0.29, 0.717) is 6.04 Å². The van der Waals surface area contributed by atoms with E-state index in [-0.39, 0.29) is 0 Å². The molecule has 1 heterocycles. The zero-order valence-electron chi connectivity index (χ0n) is 8.80. The highest BCUT2D eigenvalue weighted by Crippen LogP contribution is 2.28. The van der Waals surface area contributed by atoms with Crippen LogP contribution in [0.25, 0.3) is 0 Å². The maximum Gasteiger partial charge on any atom is 0.187 e. The molecule has 0 spiro atoms. The summed E-state index contributed by atoms with van der Waals surface area (Å²) in [5, 5.41) is 0.839. The zero-order valence-corrected chi connectivity index (χ0v) is 9.62. The van der Waals surface area contributed by atoms with E-state index in [2.05, 4.69) is 9.97 Å². The van der Waals surface area contributed by atoms with Crippen LogP contribution in [0.15, 0.2) is 23.6 Å². The van der Waals surface area contributed by atoms with Gasteiger partial charge in [-0.3, -0.25) is 0 Å². The molecule has 0 bridgehead atoms. The molecule has 1 aromatic rings. The number of hydrogen-bond donors (Lipinski definition) is 1. The summed E-state index contributed by atoms with van der Waals surface area (Å²) in [6.07, 6.45) is 8.86. The van der Waals surface area contributed by atoms with Crippen LogP contribution in [0.1, 0.15) is 25.7 Å². The number of aromatic nitrogens is 2. The third-order valence-electron chi connectivity index (χ3n) is 2.95. The van der Waals surface area contributed by atoms with Crippen molar-refractivity contribution < 1.29 is 0 Å². The first-order chi connectivity index (χ1) is 7.36. The van der Waals surface area contributed by atoms with E-state index in [4.69, 9.17) is 5.73 Å². The van der Waals surface area contributed by atoms with Gasteiger partial charge in [-0.25, -0.2) is 9.97 Å². The number of rotatable bonds is 4. The van der Waals surface area contributed by atoms with E-state index in [1.54, 1.807) is 24.2 Å². The van der Waals surface area contributed by atoms with E-state index in [1.807, 2.05) is 6.07 Å². The zero-order chi connectivity index (χ0) is 10.5. The highest BCUT2D eigenvalue weighted by molar-refractivity contribution is 7.99. The molecular formula is C11H17N3S. The fourth-order valence-corrected chi connectivity index (χ4v) is 2.94. The van der Waals surface area contributed by atoms with Gasteiger partial charge in [-0.15, -0.1) is 0 Å². The fraction of sp³-hybridized carbons (Fsp3) is 0.636. The van der Waals surface area contributed by atoms with Crippen molar-refractivity contribution in [1.82, 2.24) is 9.97 Å². The lowest BCUT2D eigenvalue weighted by atomic mass is 10.0. The van der Waals surface area contributed by atoms with E-state index in [1.165, 1.54) is 25.7 Å². The average molecular weight is 223 g/mol. The van der Waals surface area contributed by atoms with E-state index in [9.17, 15) is 0 Å². The van der Waals surface area contributed by atoms with Gasteiger partial charge in [0.15, 0.2) is 5.16 Å². The minimum Gasteiger partial charge on any atom is -0.327 e. The molecule has 0 aromatic carbocycles. The molecule has 82 valence electrons. The summed E-state index contributed by atoms with van der Waals surface area (Å²) >= 11 is 1.67. The Balaban J connectivity index is 1.77. The van der Waals surface area contributed by atoms with Gasteiger partial charge in [0.05, 0.1) is 0 Å². The molecule has 0 saturated heterocycles. The summed E-state index contributed by atoms with van der Waals surface area (Å²) in [6.45, 7) is 0. The molecule has 1 unspecified atom stereocenters. The minimum atomic E-state index is 0.307. The van der Waals surface area contributed by atoms with Crippen LogP contribution in [0.5, 0.6) is 0 Å². The summed E-state index contributed by atoms with van der Waals surface area (Å²) in [7, 11) is 0. The van der Waals surface area contributed by atoms with Crippen LogP contribution < -0.4 is 5.73 Å². The Labute approximate surface area is 94.9 Å². The normalized spacial score (nSPS) is 19.3. The van der Waals surface area contributed by atoms with Crippen molar-refractivity contribution in [2.45, 2.75) is 36.9 Å². The van der Waals surface area contributed by atoms with Crippen LogP contribution in [-0.4, -0.2) is 21.8 Å². The van der Waals surface area contributed by atoms with Gasteiger partial charge in [-0.05, 0) is 24.8 Å². The second kappa shape index (κ2) is 5.47. The summed E-state index contributed by atoms with van der Waals surface area (Å²) in [5.74, 6) is 1.66. The molecule has 1 aliphatic carbocycles. The Kier molecular flexibility index (Phi) is 3.97. The molecule has 0 aliphatic heterocycles. The van der Waals surface area contributed by atoms with Gasteiger partial charge < -0.3 is 5.73 Å². The quantitative estimate of drug-likeness (QED) is 0.627. The monoisotopic (exact) mass is 223 g/mol. The molecule has 1 atom stereocenters. The van der Waals surface area contributed by atoms with Crippen LogP contribution in [0.3, 0.4) is 0 Å². The highest BCUT2D eigenvalue weighted by atomic mass is 32.2. The largest absolute Gasteiger partial charge is 0.327 e. The molecule has 1 aromatic heterocycles. The van der Waals surface area contributed by atoms with Crippen molar-refractivity contribution >= 4 is 11.8 Å². The van der Waals surface area contributed by atoms with Gasteiger partial charge in [0, 0.05) is 24.2 Å². The Hall–Kier alpha value is -0.610. The second-order valence-electron chi connectivity index (χ2n) is 4.05. The SMILES string of the molecule is NC(CSc1ncccn1)C1CCCC1. The Morgan fingerprint density at radius 2 is 2.00 bits per heavy atom. The number of thioether (sulfide) groups is 1. The Morgan fingerprint density at radius 1 is 1.33 bits per heavy atom. The Bertz CT molecular complexity index is 285. The molecule has 0 radical (unpaired) electrons. The predicted molar refractivity (Wildman–Crippen MR) is 62.7 cm³/mol. The van der Waals surface area contributed by atoms with E-state index >= 15 is 0 Å². The standard InChI is InChI=1S/C11H17N3S/c12-10(9-4-1-2-5-9)8-15-11-13-6-3-7-14-11/h3,6-7,9-10H,1-2,4-5,8,12H2. The minimum absolute atomic E-state index is 0.307. The molecule has 15 heavy (non-hydrogen) atoms. The molecule has 0 amide bonds. The van der Waals surface area contributed by atoms with Gasteiger partial charge in [0.2, 0.25) is 0 Å². The van der Waals surface area contributed by atoms with Crippen molar-refractivity contribution in [3.05, 3.63) is 18.5 Å². The second-order valence-corrected chi connectivity index (χ2v) is 5.04. The number of nitrogens with zero attached hydrogens (tertiary/aromatic N) is 2. The first-order valence-electron chi connectivity index (χ1n) is 5.51. The summed E-state index contributed by atoms with van der Waals surface area (Å²) in [6, 6.07) is 2.14. The van der Waals surface area contributed by atoms with Crippen LogP contribution >= 0.6 is 11.8 Å². The predicted octanol–water partition coefficient (Wildman–Crippen LogP) is 2.09. The third kappa shape index (κ3) is 3.18. The van der Waals surface area contributed by atoms with Gasteiger partial charge in [0.1, 0.15) is 0 Å². The topological polar surface area (TPSA) is 51.8 Å². The molecule has 1 fully saturated rings. The maximum atomic E-state index is 6.15. The molecule has 2 N–H and O–H groups in total. The van der Waals surface area contributed by atoms with Crippen molar-refractivity contribution in [2.75, 3.05) is 5.75 Å². The molecule has 4 heteroatoms. The van der Waals surface area contributed by atoms with Crippen molar-refractivity contribution in [3.63, 3.8) is 0 Å². The number of nitrogens with two attached hydrogens (primary N) is 1. The lowest BCUT2D eigenvalue weighted by Crippen LogP contribution is -2.30. The van der Waals surface area contributed by atoms with Gasteiger partial charge >= 0.3 is 0 Å². The molecule has 1 saturated carbocycles. The van der Waals surface area contributed by atoms with Crippen LogP contribution in [0.2, 0.25) is 0 Å². The average Bonchev–Trinajstić information content (AvgIpc) is 2.81. The van der Waals surface area contributed by atoms with Gasteiger partial charge in [-0.1, -0.05) is 24.6 Å². The smallest absolute Gasteiger partial charge is 0.187 e. The first kappa shape index (κ1) is 10.9. The van der Waals surface area contributed by atoms with Crippen LogP contribution in [-0.2, 0) is 0 Å². The van der Waals surface area contributed by atoms with Crippen LogP contribution in [0.4, 0.5) is 0 Å². The fourth-order valence-electron chi connectivity index (χ4n) is 2.05. The maximum absolute atomic E-state index is 6.15. The summed E-state index contributed by atoms with van der Waals surface area (Å²) in [4.78, 5) is 8.35.